The highest BCUT2D eigenvalue weighted by atomic mass is 32.2. The van der Waals surface area contributed by atoms with Crippen LogP contribution in [-0.2, 0) is 9.53 Å². The quantitative estimate of drug-likeness (QED) is 0.721. The van der Waals surface area contributed by atoms with Gasteiger partial charge in [-0.15, -0.1) is 0 Å². The van der Waals surface area contributed by atoms with Crippen LogP contribution < -0.4 is 0 Å². The number of esters is 1. The Morgan fingerprint density at radius 3 is 3.00 bits per heavy atom. The maximum atomic E-state index is 13.3. The van der Waals surface area contributed by atoms with E-state index < -0.39 is 18.2 Å². The lowest BCUT2D eigenvalue weighted by atomic mass is 9.98. The third-order valence-electron chi connectivity index (χ3n) is 2.26. The number of rotatable bonds is 4. The van der Waals surface area contributed by atoms with E-state index in [-0.39, 0.29) is 12.5 Å². The zero-order valence-corrected chi connectivity index (χ0v) is 8.93. The van der Waals surface area contributed by atoms with Gasteiger partial charge in [-0.2, -0.15) is 11.8 Å². The minimum Gasteiger partial charge on any atom is -0.464 e. The van der Waals surface area contributed by atoms with Crippen molar-refractivity contribution in [2.45, 2.75) is 25.6 Å². The van der Waals surface area contributed by atoms with Gasteiger partial charge in [-0.25, -0.2) is 9.18 Å². The van der Waals surface area contributed by atoms with E-state index in [1.807, 2.05) is 0 Å². The number of aliphatic hydroxyl groups excluding tert-OH is 1. The molecule has 0 aromatic heterocycles. The summed E-state index contributed by atoms with van der Waals surface area (Å²) < 4.78 is 17.8. The van der Waals surface area contributed by atoms with Gasteiger partial charge in [0.15, 0.2) is 0 Å². The minimum atomic E-state index is -1.89. The first kappa shape index (κ1) is 11.8. The zero-order chi connectivity index (χ0) is 10.6. The van der Waals surface area contributed by atoms with E-state index in [9.17, 15) is 14.3 Å². The number of carbonyl (C=O) groups is 1. The minimum absolute atomic E-state index is 0.112. The van der Waals surface area contributed by atoms with Gasteiger partial charge in [-0.1, -0.05) is 0 Å². The van der Waals surface area contributed by atoms with Crippen LogP contribution in [0.1, 0.15) is 13.3 Å². The third kappa shape index (κ3) is 2.85. The summed E-state index contributed by atoms with van der Waals surface area (Å²) in [5.41, 5.74) is 0. The van der Waals surface area contributed by atoms with Crippen LogP contribution in [0.3, 0.4) is 0 Å². The molecule has 1 heterocycles. The van der Waals surface area contributed by atoms with Gasteiger partial charge in [0.25, 0.3) is 0 Å². The van der Waals surface area contributed by atoms with Crippen molar-refractivity contribution in [3.63, 3.8) is 0 Å². The molecule has 0 radical (unpaired) electrons. The Morgan fingerprint density at radius 1 is 1.79 bits per heavy atom. The smallest absolute Gasteiger partial charge is 0.343 e. The van der Waals surface area contributed by atoms with Crippen molar-refractivity contribution >= 4 is 17.7 Å². The zero-order valence-electron chi connectivity index (χ0n) is 8.11. The van der Waals surface area contributed by atoms with Crippen LogP contribution in [0.4, 0.5) is 4.39 Å². The van der Waals surface area contributed by atoms with Crippen molar-refractivity contribution < 1.29 is 19.0 Å². The average Bonchev–Trinajstić information content (AvgIpc) is 2.68. The summed E-state index contributed by atoms with van der Waals surface area (Å²) in [6.07, 6.45) is -2.33. The summed E-state index contributed by atoms with van der Waals surface area (Å²) >= 11 is 1.67. The van der Waals surface area contributed by atoms with E-state index in [4.69, 9.17) is 0 Å². The Kier molecular flexibility index (Phi) is 4.68. The second-order valence-electron chi connectivity index (χ2n) is 3.27. The number of hydrogen-bond donors (Lipinski definition) is 1. The fraction of sp³-hybridized carbons (Fsp3) is 0.889. The Hall–Kier alpha value is -0.290. The summed E-state index contributed by atoms with van der Waals surface area (Å²) in [6.45, 7) is 1.76. The Morgan fingerprint density at radius 2 is 2.50 bits per heavy atom. The molecule has 0 spiro atoms. The van der Waals surface area contributed by atoms with E-state index >= 15 is 0 Å². The number of thioether (sulfide) groups is 1. The van der Waals surface area contributed by atoms with Crippen LogP contribution in [0.15, 0.2) is 0 Å². The van der Waals surface area contributed by atoms with Crippen LogP contribution in [0, 0.1) is 5.92 Å². The lowest BCUT2D eigenvalue weighted by molar-refractivity contribution is -0.154. The van der Waals surface area contributed by atoms with Crippen molar-refractivity contribution in [3.8, 4) is 0 Å². The summed E-state index contributed by atoms with van der Waals surface area (Å²) in [6, 6.07) is 0. The van der Waals surface area contributed by atoms with Crippen molar-refractivity contribution in [1.82, 2.24) is 0 Å². The summed E-state index contributed by atoms with van der Waals surface area (Å²) in [5, 5.41) is 9.53. The molecule has 0 amide bonds. The fourth-order valence-electron chi connectivity index (χ4n) is 1.42. The maximum Gasteiger partial charge on any atom is 0.343 e. The van der Waals surface area contributed by atoms with Gasteiger partial charge in [0.1, 0.15) is 0 Å². The topological polar surface area (TPSA) is 46.5 Å². The molecule has 1 rings (SSSR count). The van der Waals surface area contributed by atoms with Crippen LogP contribution in [-0.4, -0.2) is 41.5 Å². The molecule has 3 nitrogen and oxygen atoms in total. The summed E-state index contributed by atoms with van der Waals surface area (Å²) in [4.78, 5) is 11.0. The first-order valence-corrected chi connectivity index (χ1v) is 5.88. The molecule has 1 fully saturated rings. The van der Waals surface area contributed by atoms with Crippen molar-refractivity contribution in [2.24, 2.45) is 5.92 Å². The molecular formula is C9H15FO3S. The van der Waals surface area contributed by atoms with Gasteiger partial charge in [-0.05, 0) is 30.8 Å². The van der Waals surface area contributed by atoms with Crippen molar-refractivity contribution in [2.75, 3.05) is 18.1 Å². The summed E-state index contributed by atoms with van der Waals surface area (Å²) in [7, 11) is 0. The van der Waals surface area contributed by atoms with Gasteiger partial charge in [0, 0.05) is 0 Å². The Labute approximate surface area is 87.0 Å². The SMILES string of the molecule is CCOC(=O)C(F)C(O)C1CCSC1. The number of hydrogen-bond acceptors (Lipinski definition) is 4. The van der Waals surface area contributed by atoms with Crippen molar-refractivity contribution in [1.29, 1.82) is 0 Å². The van der Waals surface area contributed by atoms with Crippen LogP contribution in [0.5, 0.6) is 0 Å². The highest BCUT2D eigenvalue weighted by molar-refractivity contribution is 7.99. The predicted octanol–water partition coefficient (Wildman–Crippen LogP) is 1.00. The van der Waals surface area contributed by atoms with Crippen LogP contribution >= 0.6 is 11.8 Å². The largest absolute Gasteiger partial charge is 0.464 e. The normalized spacial score (nSPS) is 25.8. The Bertz CT molecular complexity index is 194. The van der Waals surface area contributed by atoms with Gasteiger partial charge in [0.05, 0.1) is 12.7 Å². The van der Waals surface area contributed by atoms with E-state index in [1.165, 1.54) is 0 Å². The molecule has 0 aromatic rings. The van der Waals surface area contributed by atoms with Crippen LogP contribution in [0.2, 0.25) is 0 Å². The van der Waals surface area contributed by atoms with Crippen LogP contribution in [0.25, 0.3) is 0 Å². The molecule has 1 N–H and O–H groups in total. The average molecular weight is 222 g/mol. The Balaban J connectivity index is 2.41. The van der Waals surface area contributed by atoms with E-state index in [0.29, 0.717) is 0 Å². The molecule has 0 aromatic carbocycles. The first-order chi connectivity index (χ1) is 6.66. The van der Waals surface area contributed by atoms with Gasteiger partial charge in [0.2, 0.25) is 6.17 Å². The molecule has 1 aliphatic rings. The number of halogens is 1. The predicted molar refractivity (Wildman–Crippen MR) is 53.0 cm³/mol. The summed E-state index contributed by atoms with van der Waals surface area (Å²) in [5.74, 6) is 0.592. The molecule has 0 bridgehead atoms. The van der Waals surface area contributed by atoms with Crippen molar-refractivity contribution in [3.05, 3.63) is 0 Å². The number of ether oxygens (including phenoxy) is 1. The highest BCUT2D eigenvalue weighted by Gasteiger charge is 2.35. The van der Waals surface area contributed by atoms with E-state index in [2.05, 4.69) is 4.74 Å². The highest BCUT2D eigenvalue weighted by Crippen LogP contribution is 2.28. The van der Waals surface area contributed by atoms with E-state index in [0.717, 1.165) is 17.9 Å². The monoisotopic (exact) mass is 222 g/mol. The first-order valence-electron chi connectivity index (χ1n) is 4.73. The van der Waals surface area contributed by atoms with Gasteiger partial charge >= 0.3 is 5.97 Å². The molecule has 3 unspecified atom stereocenters. The lowest BCUT2D eigenvalue weighted by Gasteiger charge is -2.19. The molecule has 5 heteroatoms. The second-order valence-corrected chi connectivity index (χ2v) is 4.42. The number of alkyl halides is 1. The molecular weight excluding hydrogens is 207 g/mol. The standard InChI is InChI=1S/C9H15FO3S/c1-2-13-9(12)7(10)8(11)6-3-4-14-5-6/h6-8,11H,2-5H2,1H3. The molecule has 3 atom stereocenters. The molecule has 82 valence electrons. The second kappa shape index (κ2) is 5.56. The molecule has 1 saturated heterocycles. The fourth-order valence-corrected chi connectivity index (χ4v) is 2.73. The molecule has 0 saturated carbocycles. The van der Waals surface area contributed by atoms with Gasteiger partial charge in [-0.3, -0.25) is 0 Å². The molecule has 1 aliphatic heterocycles. The lowest BCUT2D eigenvalue weighted by Crippen LogP contribution is -2.37. The third-order valence-corrected chi connectivity index (χ3v) is 3.45. The van der Waals surface area contributed by atoms with Gasteiger partial charge < -0.3 is 9.84 Å². The number of aliphatic hydroxyl groups is 1. The van der Waals surface area contributed by atoms with E-state index in [1.54, 1.807) is 18.7 Å². The number of carbonyl (C=O) groups excluding carboxylic acids is 1. The molecule has 0 aliphatic carbocycles. The molecule has 14 heavy (non-hydrogen) atoms. The maximum absolute atomic E-state index is 13.3.